The second-order valence-electron chi connectivity index (χ2n) is 6.97. The molecule has 1 atom stereocenters. The van der Waals surface area contributed by atoms with Crippen LogP contribution in [0.3, 0.4) is 0 Å². The highest BCUT2D eigenvalue weighted by molar-refractivity contribution is 7.90. The molecule has 1 aromatic heterocycles. The van der Waals surface area contributed by atoms with E-state index in [-0.39, 0.29) is 23.3 Å². The van der Waals surface area contributed by atoms with Gasteiger partial charge in [-0.3, -0.25) is 0 Å². The fourth-order valence-corrected chi connectivity index (χ4v) is 5.58. The molecule has 0 aliphatic heterocycles. The molecule has 0 saturated carbocycles. The van der Waals surface area contributed by atoms with Gasteiger partial charge in [0.05, 0.1) is 16.0 Å². The van der Waals surface area contributed by atoms with Crippen LogP contribution in [-0.2, 0) is 29.0 Å². The lowest BCUT2D eigenvalue weighted by molar-refractivity contribution is -0.137. The average Bonchev–Trinajstić information content (AvgIpc) is 3.01. The second-order valence-corrected chi connectivity index (χ2v) is 8.75. The summed E-state index contributed by atoms with van der Waals surface area (Å²) in [6, 6.07) is 11.3. The van der Waals surface area contributed by atoms with Crippen molar-refractivity contribution in [2.75, 3.05) is 7.05 Å². The second kappa shape index (κ2) is 7.66. The van der Waals surface area contributed by atoms with Gasteiger partial charge in [-0.05, 0) is 56.1 Å². The van der Waals surface area contributed by atoms with E-state index in [0.29, 0.717) is 30.1 Å². The van der Waals surface area contributed by atoms with Gasteiger partial charge in [-0.1, -0.05) is 24.3 Å². The summed E-state index contributed by atoms with van der Waals surface area (Å²) >= 11 is 0. The van der Waals surface area contributed by atoms with Crippen molar-refractivity contribution in [3.8, 4) is 0 Å². The number of aromatic nitrogens is 1. The summed E-state index contributed by atoms with van der Waals surface area (Å²) in [4.78, 5) is -0.360. The number of hydrogen-bond acceptors (Lipinski definition) is 3. The van der Waals surface area contributed by atoms with Crippen molar-refractivity contribution in [3.05, 3.63) is 65.4 Å². The standard InChI is InChI=1S/C20H19F3N2O2S.ClH/c1-24-14-9-10-19-17(12-14)16-7-2-3-8-18(16)25(19)28(26,27)15-6-4-5-13(11-15)20(21,22)23;/h2-8,11,14,24H,9-10,12H2,1H3;1H. The molecule has 3 aromatic rings. The zero-order valence-corrected chi connectivity index (χ0v) is 17.2. The minimum atomic E-state index is -4.61. The quantitative estimate of drug-likeness (QED) is 0.651. The van der Waals surface area contributed by atoms with E-state index >= 15 is 0 Å². The zero-order valence-electron chi connectivity index (χ0n) is 15.5. The number of nitrogens with one attached hydrogen (secondary N) is 1. The average molecular weight is 445 g/mol. The van der Waals surface area contributed by atoms with Gasteiger partial charge >= 0.3 is 6.18 Å². The SMILES string of the molecule is CNC1CCc2c(c3ccccc3n2S(=O)(=O)c2cccc(C(F)(F)F)c2)C1.Cl. The fourth-order valence-electron chi connectivity index (χ4n) is 3.93. The summed E-state index contributed by atoms with van der Waals surface area (Å²) in [6.07, 6.45) is -2.63. The Bertz CT molecular complexity index is 1160. The molecule has 0 bridgehead atoms. The molecule has 0 amide bonds. The minimum absolute atomic E-state index is 0. The Kier molecular flexibility index (Phi) is 5.73. The molecule has 1 unspecified atom stereocenters. The molecule has 0 saturated heterocycles. The molecule has 0 radical (unpaired) electrons. The molecule has 2 aromatic carbocycles. The zero-order chi connectivity index (χ0) is 20.1. The van der Waals surface area contributed by atoms with Crippen LogP contribution in [0.25, 0.3) is 10.9 Å². The Morgan fingerprint density at radius 3 is 2.52 bits per heavy atom. The number of nitrogens with zero attached hydrogens (tertiary/aromatic N) is 1. The van der Waals surface area contributed by atoms with Gasteiger partial charge in [0.25, 0.3) is 10.0 Å². The van der Waals surface area contributed by atoms with Gasteiger partial charge in [-0.15, -0.1) is 12.4 Å². The summed E-state index contributed by atoms with van der Waals surface area (Å²) in [5.74, 6) is 0. The number of fused-ring (bicyclic) bond motifs is 3. The van der Waals surface area contributed by atoms with E-state index in [9.17, 15) is 21.6 Å². The van der Waals surface area contributed by atoms with Crippen LogP contribution in [0.5, 0.6) is 0 Å². The highest BCUT2D eigenvalue weighted by atomic mass is 35.5. The lowest BCUT2D eigenvalue weighted by atomic mass is 9.92. The summed E-state index contributed by atoms with van der Waals surface area (Å²) < 4.78 is 67.3. The van der Waals surface area contributed by atoms with Gasteiger partial charge < -0.3 is 5.32 Å². The number of likely N-dealkylation sites (N-methyl/N-ethyl adjacent to an activating group) is 1. The normalized spacial score (nSPS) is 17.0. The van der Waals surface area contributed by atoms with Crippen LogP contribution < -0.4 is 5.32 Å². The first-order valence-electron chi connectivity index (χ1n) is 8.95. The van der Waals surface area contributed by atoms with E-state index in [1.165, 1.54) is 10.0 Å². The molecule has 9 heteroatoms. The number of benzene rings is 2. The number of para-hydroxylation sites is 1. The van der Waals surface area contributed by atoms with E-state index in [0.717, 1.165) is 29.5 Å². The predicted molar refractivity (Wildman–Crippen MR) is 108 cm³/mol. The van der Waals surface area contributed by atoms with E-state index in [4.69, 9.17) is 0 Å². The molecule has 1 N–H and O–H groups in total. The number of rotatable bonds is 3. The van der Waals surface area contributed by atoms with Crippen molar-refractivity contribution in [1.82, 2.24) is 9.29 Å². The van der Waals surface area contributed by atoms with Crippen LogP contribution in [0.1, 0.15) is 23.2 Å². The van der Waals surface area contributed by atoms with E-state index in [1.807, 2.05) is 19.2 Å². The van der Waals surface area contributed by atoms with Crippen LogP contribution >= 0.6 is 12.4 Å². The lowest BCUT2D eigenvalue weighted by Gasteiger charge is -2.23. The van der Waals surface area contributed by atoms with Crippen LogP contribution in [0, 0.1) is 0 Å². The Hall–Kier alpha value is -2.03. The monoisotopic (exact) mass is 444 g/mol. The molecule has 1 heterocycles. The Morgan fingerprint density at radius 2 is 1.83 bits per heavy atom. The maximum absolute atomic E-state index is 13.4. The van der Waals surface area contributed by atoms with Crippen molar-refractivity contribution in [2.24, 2.45) is 0 Å². The molecular weight excluding hydrogens is 425 g/mol. The van der Waals surface area contributed by atoms with Gasteiger partial charge in [0.15, 0.2) is 0 Å². The smallest absolute Gasteiger partial charge is 0.317 e. The molecule has 0 fully saturated rings. The molecule has 29 heavy (non-hydrogen) atoms. The fraction of sp³-hybridized carbons (Fsp3) is 0.300. The Morgan fingerprint density at radius 1 is 1.10 bits per heavy atom. The van der Waals surface area contributed by atoms with Crippen molar-refractivity contribution < 1.29 is 21.6 Å². The molecule has 156 valence electrons. The third-order valence-corrected chi connectivity index (χ3v) is 7.08. The predicted octanol–water partition coefficient (Wildman–Crippen LogP) is 4.40. The van der Waals surface area contributed by atoms with E-state index in [1.54, 1.807) is 12.1 Å². The van der Waals surface area contributed by atoms with Crippen LogP contribution in [0.4, 0.5) is 13.2 Å². The Labute approximate surface area is 173 Å². The molecule has 1 aliphatic rings. The lowest BCUT2D eigenvalue weighted by Crippen LogP contribution is -2.32. The highest BCUT2D eigenvalue weighted by Gasteiger charge is 2.34. The van der Waals surface area contributed by atoms with Gasteiger partial charge in [0, 0.05) is 17.1 Å². The molecule has 4 nitrogen and oxygen atoms in total. The summed E-state index contributed by atoms with van der Waals surface area (Å²) in [7, 11) is -2.31. The molecule has 4 rings (SSSR count). The van der Waals surface area contributed by atoms with Crippen molar-refractivity contribution in [3.63, 3.8) is 0 Å². The van der Waals surface area contributed by atoms with Gasteiger partial charge in [-0.2, -0.15) is 13.2 Å². The maximum Gasteiger partial charge on any atom is 0.416 e. The first-order chi connectivity index (χ1) is 13.2. The Balaban J connectivity index is 0.00000240. The third kappa shape index (κ3) is 3.65. The molecule has 1 aliphatic carbocycles. The minimum Gasteiger partial charge on any atom is -0.317 e. The number of alkyl halides is 3. The highest BCUT2D eigenvalue weighted by Crippen LogP contribution is 2.36. The first-order valence-corrected chi connectivity index (χ1v) is 10.4. The molecule has 0 spiro atoms. The topological polar surface area (TPSA) is 51.1 Å². The van der Waals surface area contributed by atoms with Crippen LogP contribution in [0.15, 0.2) is 53.4 Å². The first kappa shape index (κ1) is 21.7. The molecular formula is C20H20ClF3N2O2S. The van der Waals surface area contributed by atoms with Crippen LogP contribution in [0.2, 0.25) is 0 Å². The van der Waals surface area contributed by atoms with E-state index < -0.39 is 21.8 Å². The summed E-state index contributed by atoms with van der Waals surface area (Å²) in [5, 5.41) is 4.06. The van der Waals surface area contributed by atoms with Crippen LogP contribution in [-0.4, -0.2) is 25.5 Å². The summed E-state index contributed by atoms with van der Waals surface area (Å²) in [5.41, 5.74) is 1.12. The number of hydrogen-bond donors (Lipinski definition) is 1. The number of halogens is 4. The maximum atomic E-state index is 13.4. The van der Waals surface area contributed by atoms with Crippen molar-refractivity contribution >= 4 is 33.3 Å². The van der Waals surface area contributed by atoms with Crippen molar-refractivity contribution in [1.29, 1.82) is 0 Å². The largest absolute Gasteiger partial charge is 0.416 e. The van der Waals surface area contributed by atoms with Gasteiger partial charge in [-0.25, -0.2) is 12.4 Å². The van der Waals surface area contributed by atoms with Crippen molar-refractivity contribution in [2.45, 2.75) is 36.4 Å². The van der Waals surface area contributed by atoms with Gasteiger partial charge in [0.1, 0.15) is 0 Å². The summed E-state index contributed by atoms with van der Waals surface area (Å²) in [6.45, 7) is 0. The van der Waals surface area contributed by atoms with Gasteiger partial charge in [0.2, 0.25) is 0 Å². The third-order valence-electron chi connectivity index (χ3n) is 5.33. The van der Waals surface area contributed by atoms with E-state index in [2.05, 4.69) is 5.32 Å².